The molecular weight excluding hydrogens is 1570 g/mol. The standard InChI is InChI=1S/2C6H8.C5H6O2.C4H4O2.C3H4.CH4O.S14.S13.S10/c2*1-3-5-6-4-2;1-3-4-5(6)7-2;1-2-3-4(5)6;1-3-2;1-2;1-3-5-7-9-11-13-14-12-10-8-6-4-2;1-3-5-7-9-11-13-12-10-8-6-4-2;1-3-5-7-9-10-8-6-4-2/h2*3,5H,1-2H3;1-2H3;1H3,(H,5,6);1H,2H3;2H,1H3;;;. The van der Waals surface area contributed by atoms with Crippen LogP contribution in [0.2, 0.25) is 0 Å². The molecule has 0 aromatic rings. The largest absolute Gasteiger partial charge is 0.472 e. The summed E-state index contributed by atoms with van der Waals surface area (Å²) in [6, 6.07) is 0. The topological polar surface area (TPSA) is 83.8 Å². The first-order valence-corrected chi connectivity index (χ1v) is 59.4. The normalized spacial score (nSPS) is 6.58. The molecule has 42 heteroatoms. The molecule has 0 aliphatic carbocycles. The number of carboxylic acids is 1. The Balaban J connectivity index is -0.0000000843. The molecule has 0 aliphatic rings. The third-order valence-corrected chi connectivity index (χ3v) is 64.4. The molecule has 0 aromatic carbocycles. The van der Waals surface area contributed by atoms with Crippen LogP contribution in [-0.2, 0) is 357 Å². The van der Waals surface area contributed by atoms with E-state index in [-0.39, 0.29) is 0 Å². The number of esters is 1. The van der Waals surface area contributed by atoms with Crippen molar-refractivity contribution in [2.45, 2.75) is 48.5 Å². The monoisotopic (exact) mass is 1600 g/mol. The predicted molar refractivity (Wildman–Crippen MR) is 398 cm³/mol. The second-order valence-electron chi connectivity index (χ2n) is 5.73. The molecule has 0 saturated carbocycles. The zero-order valence-corrected chi connectivity index (χ0v) is 64.8. The summed E-state index contributed by atoms with van der Waals surface area (Å²) in [7, 11) is 53.0. The van der Waals surface area contributed by atoms with Gasteiger partial charge in [-0.05, 0) is 60.6 Å². The number of methoxy groups -OCH3 is 1. The van der Waals surface area contributed by atoms with Gasteiger partial charge in [-0.1, -0.05) is 35.8 Å². The van der Waals surface area contributed by atoms with Gasteiger partial charge < -0.3 is 14.9 Å². The third-order valence-electron chi connectivity index (χ3n) is 2.21. The van der Waals surface area contributed by atoms with Crippen LogP contribution in [0.4, 0.5) is 0 Å². The van der Waals surface area contributed by atoms with E-state index in [9.17, 15) is 9.59 Å². The maximum absolute atomic E-state index is 10.0. The summed E-state index contributed by atoms with van der Waals surface area (Å²) < 4.78 is 4.18. The molecule has 0 saturated heterocycles. The molecule has 0 bridgehead atoms. The maximum atomic E-state index is 10.0. The van der Waals surface area contributed by atoms with Crippen molar-refractivity contribution in [1.82, 2.24) is 0 Å². The predicted octanol–water partition coefficient (Wildman–Crippen LogP) is 3.61. The Kier molecular flexibility index (Phi) is 150. The summed E-state index contributed by atoms with van der Waals surface area (Å²) in [6.07, 6.45) is 12.1. The molecule has 0 heterocycles. The van der Waals surface area contributed by atoms with E-state index >= 15 is 0 Å². The number of rotatable bonds is 0. The Bertz CT molecular complexity index is 3050. The molecule has 0 atom stereocenters. The molecule has 0 amide bonds. The average molecular weight is 1600 g/mol. The number of terminal acetylenes is 1. The molecule has 0 rings (SSSR count). The van der Waals surface area contributed by atoms with E-state index in [1.54, 1.807) is 236 Å². The van der Waals surface area contributed by atoms with Crippen molar-refractivity contribution in [3.8, 4) is 59.7 Å². The van der Waals surface area contributed by atoms with Crippen LogP contribution in [0.25, 0.3) is 0 Å². The lowest BCUT2D eigenvalue weighted by Gasteiger charge is -1.81. The zero-order chi connectivity index (χ0) is 53.0. The number of aliphatic hydroxyl groups is 1. The molecule has 0 aromatic heterocycles. The highest BCUT2D eigenvalue weighted by Gasteiger charge is 1.84. The molecule has 0 radical (unpaired) electrons. The summed E-state index contributed by atoms with van der Waals surface area (Å²) in [4.78, 5) is 19.4. The number of carbonyl (C=O) groups excluding carboxylic acids is 1. The lowest BCUT2D eigenvalue weighted by molar-refractivity contribution is -0.134. The minimum absolute atomic E-state index is 0.484. The number of carboxylic acid groups (broad SMARTS) is 1. The van der Waals surface area contributed by atoms with E-state index in [2.05, 4.69) is 80.9 Å². The van der Waals surface area contributed by atoms with Gasteiger partial charge >= 0.3 is 11.9 Å². The van der Waals surface area contributed by atoms with Gasteiger partial charge in [0.05, 0.1) is 7.11 Å². The van der Waals surface area contributed by atoms with E-state index in [1.165, 1.54) is 67.3 Å². The fourth-order valence-corrected chi connectivity index (χ4v) is 69.5. The quantitative estimate of drug-likeness (QED) is 0.213. The van der Waals surface area contributed by atoms with Crippen LogP contribution in [0.3, 0.4) is 0 Å². The first-order chi connectivity index (χ1) is 32.6. The number of hydrogen-bond acceptors (Lipinski definition) is 10. The molecule has 0 spiro atoms. The molecule has 2 N–H and O–H groups in total. The van der Waals surface area contributed by atoms with Crippen molar-refractivity contribution in [3.05, 3.63) is 24.3 Å². The Labute approximate surface area is 514 Å². The van der Waals surface area contributed by atoms with Crippen LogP contribution in [0.5, 0.6) is 0 Å². The molecule has 0 unspecified atom stereocenters. The second-order valence-corrected chi connectivity index (χ2v) is 60.6. The zero-order valence-electron chi connectivity index (χ0n) is 34.6. The highest BCUT2D eigenvalue weighted by atomic mass is 33.5. The SMILES string of the molecule is C#CC.CC#CC(=O)O.CC#CC(=O)OC.CC#CC=CC.CC#CC=CC.CO.S=S=S=S=S=S=S=S=S=S.S=S=S=S=S=S=S=S=S=S=S=S=S.S=S=S=S=S=S=S=S=S=S=S=S=S=S. The number of hydrogen-bond donors (Lipinski definition) is 2. The number of aliphatic carboxylic acids is 1. The molecule has 386 valence electrons. The van der Waals surface area contributed by atoms with Gasteiger partial charge in [0.25, 0.3) is 0 Å². The molecule has 0 fully saturated rings. The minimum atomic E-state index is -1.07. The van der Waals surface area contributed by atoms with Crippen molar-refractivity contribution < 1.29 is 24.5 Å². The fraction of sp³-hybridized carbons (Fsp3) is 0.360. The van der Waals surface area contributed by atoms with Crippen LogP contribution in [0, 0.1) is 59.7 Å². The Morgan fingerprint density at radius 2 is 0.627 bits per heavy atom. The first kappa shape index (κ1) is 90.8. The van der Waals surface area contributed by atoms with Crippen molar-refractivity contribution in [2.75, 3.05) is 14.2 Å². The van der Waals surface area contributed by atoms with Gasteiger partial charge in [0, 0.05) is 361 Å². The Morgan fingerprint density at radius 3 is 0.701 bits per heavy atom. The fourth-order valence-electron chi connectivity index (χ4n) is 0.877. The van der Waals surface area contributed by atoms with Gasteiger partial charge in [0.2, 0.25) is 0 Å². The molecule has 67 heavy (non-hydrogen) atoms. The minimum Gasteiger partial charge on any atom is -0.472 e. The highest BCUT2D eigenvalue weighted by Crippen LogP contribution is 1.64. The highest BCUT2D eigenvalue weighted by molar-refractivity contribution is 8.77. The van der Waals surface area contributed by atoms with Crippen molar-refractivity contribution in [2.24, 2.45) is 0 Å². The van der Waals surface area contributed by atoms with Gasteiger partial charge in [0.15, 0.2) is 0 Å². The summed E-state index contributed by atoms with van der Waals surface area (Å²) >= 11 is 28.1. The Morgan fingerprint density at radius 1 is 0.433 bits per heavy atom. The van der Waals surface area contributed by atoms with Crippen molar-refractivity contribution in [1.29, 1.82) is 0 Å². The smallest absolute Gasteiger partial charge is 0.384 e. The van der Waals surface area contributed by atoms with E-state index < -0.39 is 11.9 Å². The molecule has 0 aliphatic heterocycles. The van der Waals surface area contributed by atoms with Gasteiger partial charge in [-0.25, -0.2) is 9.59 Å². The van der Waals surface area contributed by atoms with Crippen LogP contribution in [0.15, 0.2) is 24.3 Å². The Hall–Kier alpha value is 4.32. The average Bonchev–Trinajstić information content (AvgIpc) is 3.33. The van der Waals surface area contributed by atoms with Crippen LogP contribution in [0.1, 0.15) is 48.5 Å². The van der Waals surface area contributed by atoms with Gasteiger partial charge in [-0.3, -0.25) is 0 Å². The summed E-state index contributed by atoms with van der Waals surface area (Å²) in [6.45, 7) is 12.2. The van der Waals surface area contributed by atoms with Crippen LogP contribution >= 0.6 is 0 Å². The van der Waals surface area contributed by atoms with Crippen molar-refractivity contribution in [3.63, 3.8) is 0 Å². The van der Waals surface area contributed by atoms with Gasteiger partial charge in [0.1, 0.15) is 0 Å². The number of carbonyl (C=O) groups is 2. The first-order valence-electron chi connectivity index (χ1n) is 14.0. The number of allylic oxidation sites excluding steroid dienone is 4. The van der Waals surface area contributed by atoms with E-state index in [0.29, 0.717) is 0 Å². The number of ether oxygens (including phenoxy) is 1. The summed E-state index contributed by atoms with van der Waals surface area (Å²) in [5, 5.41) is 14.7. The van der Waals surface area contributed by atoms with Crippen molar-refractivity contribution >= 4 is 354 Å². The lowest BCUT2D eigenvalue weighted by Crippen LogP contribution is -1.93. The molecular formula is C25H34O5S37. The maximum Gasteiger partial charge on any atom is 0.384 e. The summed E-state index contributed by atoms with van der Waals surface area (Å²) in [5.41, 5.74) is 0. The second kappa shape index (κ2) is 110. The van der Waals surface area contributed by atoms with Gasteiger partial charge in [-0.15, -0.1) is 24.2 Å². The van der Waals surface area contributed by atoms with E-state index in [1.807, 2.05) is 57.9 Å². The van der Waals surface area contributed by atoms with Gasteiger partial charge in [-0.2, -0.15) is 0 Å². The van der Waals surface area contributed by atoms with Crippen LogP contribution in [-0.4, -0.2) is 36.4 Å². The lowest BCUT2D eigenvalue weighted by atomic mass is 10.5. The van der Waals surface area contributed by atoms with E-state index in [0.717, 1.165) is 7.11 Å². The third kappa shape index (κ3) is 153. The molecule has 5 nitrogen and oxygen atoms in total. The summed E-state index contributed by atoms with van der Waals surface area (Å²) in [5.74, 6) is 20.4. The number of aliphatic hydroxyl groups excluding tert-OH is 1. The van der Waals surface area contributed by atoms with Crippen LogP contribution < -0.4 is 0 Å². The van der Waals surface area contributed by atoms with E-state index in [4.69, 9.17) is 55.0 Å².